The van der Waals surface area contributed by atoms with E-state index in [0.29, 0.717) is 37.4 Å². The van der Waals surface area contributed by atoms with Gasteiger partial charge in [-0.1, -0.05) is 30.3 Å². The number of hydrogen-bond acceptors (Lipinski definition) is 6. The molecule has 1 amide bonds. The summed E-state index contributed by atoms with van der Waals surface area (Å²) in [6.45, 7) is 2.09. The zero-order valence-electron chi connectivity index (χ0n) is 16.5. The van der Waals surface area contributed by atoms with Crippen molar-refractivity contribution >= 4 is 17.3 Å². The molecule has 154 valence electrons. The number of amides is 1. The number of carbonyl (C=O) groups is 1. The molecule has 1 aliphatic heterocycles. The number of anilines is 1. The molecule has 1 saturated heterocycles. The van der Waals surface area contributed by atoms with Gasteiger partial charge >= 0.3 is 0 Å². The molecule has 1 unspecified atom stereocenters. The summed E-state index contributed by atoms with van der Waals surface area (Å²) in [6.07, 6.45) is 2.02. The van der Waals surface area contributed by atoms with Crippen molar-refractivity contribution in [1.82, 2.24) is 9.80 Å². The third-order valence-electron chi connectivity index (χ3n) is 5.58. The highest BCUT2D eigenvalue weighted by Crippen LogP contribution is 2.32. The Hall–Kier alpha value is -3.44. The highest BCUT2D eigenvalue weighted by Gasteiger charge is 2.29. The van der Waals surface area contributed by atoms with Crippen LogP contribution in [-0.2, 0) is 0 Å². The van der Waals surface area contributed by atoms with Crippen LogP contribution in [0.2, 0.25) is 0 Å². The maximum absolute atomic E-state index is 12.9. The largest absolute Gasteiger partial charge is 0.377 e. The number of rotatable bonds is 6. The van der Waals surface area contributed by atoms with Crippen LogP contribution in [0.4, 0.5) is 11.4 Å². The maximum Gasteiger partial charge on any atom is 0.293 e. The Kier molecular flexibility index (Phi) is 5.63. The van der Waals surface area contributed by atoms with Crippen molar-refractivity contribution in [2.75, 3.05) is 31.5 Å². The molecule has 0 radical (unpaired) electrons. The number of hydrogen-bond donors (Lipinski definition) is 1. The molecule has 1 aliphatic carbocycles. The van der Waals surface area contributed by atoms with Gasteiger partial charge < -0.3 is 10.2 Å². The van der Waals surface area contributed by atoms with Gasteiger partial charge in [0.1, 0.15) is 11.7 Å². The van der Waals surface area contributed by atoms with Crippen LogP contribution in [0, 0.1) is 21.4 Å². The number of nitrogens with zero attached hydrogens (tertiary/aromatic N) is 4. The fraction of sp³-hybridized carbons (Fsp3) is 0.364. The van der Waals surface area contributed by atoms with Gasteiger partial charge in [-0.2, -0.15) is 5.26 Å². The number of carbonyl (C=O) groups excluding carboxylic acids is 1. The lowest BCUT2D eigenvalue weighted by molar-refractivity contribution is -0.384. The second kappa shape index (κ2) is 8.51. The summed E-state index contributed by atoms with van der Waals surface area (Å²) in [6, 6.07) is 16.5. The Morgan fingerprint density at radius 3 is 2.43 bits per heavy atom. The van der Waals surface area contributed by atoms with Gasteiger partial charge in [0.05, 0.1) is 11.0 Å². The Balaban J connectivity index is 1.43. The molecule has 30 heavy (non-hydrogen) atoms. The van der Waals surface area contributed by atoms with E-state index in [0.717, 1.165) is 18.4 Å². The minimum Gasteiger partial charge on any atom is -0.377 e. The van der Waals surface area contributed by atoms with E-state index >= 15 is 0 Å². The quantitative estimate of drug-likeness (QED) is 0.585. The molecule has 2 aliphatic rings. The lowest BCUT2D eigenvalue weighted by Crippen LogP contribution is -2.49. The predicted molar refractivity (Wildman–Crippen MR) is 112 cm³/mol. The number of nitro groups is 1. The van der Waals surface area contributed by atoms with Crippen LogP contribution in [0.25, 0.3) is 0 Å². The van der Waals surface area contributed by atoms with Crippen molar-refractivity contribution in [1.29, 1.82) is 5.26 Å². The first kappa shape index (κ1) is 19.9. The Bertz CT molecular complexity index is 976. The average Bonchev–Trinajstić information content (AvgIpc) is 3.59. The first-order valence-electron chi connectivity index (χ1n) is 10.1. The lowest BCUT2D eigenvalue weighted by Gasteiger charge is -2.37. The summed E-state index contributed by atoms with van der Waals surface area (Å²) in [5.74, 6) is -0.219. The molecule has 1 N–H and O–H groups in total. The van der Waals surface area contributed by atoms with Crippen LogP contribution in [0.3, 0.4) is 0 Å². The first-order valence-corrected chi connectivity index (χ1v) is 10.1. The number of benzene rings is 2. The number of nitro benzene ring substituents is 1. The molecule has 0 spiro atoms. The first-order chi connectivity index (χ1) is 14.6. The van der Waals surface area contributed by atoms with E-state index in [1.54, 1.807) is 17.0 Å². The fourth-order valence-corrected chi connectivity index (χ4v) is 3.75. The Morgan fingerprint density at radius 2 is 1.83 bits per heavy atom. The molecule has 4 rings (SSSR count). The summed E-state index contributed by atoms with van der Waals surface area (Å²) < 4.78 is 0. The van der Waals surface area contributed by atoms with Gasteiger partial charge in [-0.3, -0.25) is 19.8 Å². The summed E-state index contributed by atoms with van der Waals surface area (Å²) in [4.78, 5) is 27.7. The average molecular weight is 405 g/mol. The molecule has 1 atom stereocenters. The van der Waals surface area contributed by atoms with E-state index in [2.05, 4.69) is 16.3 Å². The standard InChI is InChI=1S/C22H23N5O3/c23-15-21(16-4-2-1-3-5-16)25-10-12-26(13-11-25)22(28)17-6-9-19(24-18-7-8-18)20(14-17)27(29)30/h1-6,9,14,18,21,24H,7-8,10-13H2. The minimum atomic E-state index is -0.448. The highest BCUT2D eigenvalue weighted by molar-refractivity contribution is 5.95. The van der Waals surface area contributed by atoms with Gasteiger partial charge in [0.15, 0.2) is 0 Å². The van der Waals surface area contributed by atoms with Crippen molar-refractivity contribution in [3.63, 3.8) is 0 Å². The van der Waals surface area contributed by atoms with E-state index in [4.69, 9.17) is 0 Å². The van der Waals surface area contributed by atoms with Crippen molar-refractivity contribution in [2.24, 2.45) is 0 Å². The van der Waals surface area contributed by atoms with E-state index in [1.165, 1.54) is 6.07 Å². The molecule has 8 nitrogen and oxygen atoms in total. The van der Waals surface area contributed by atoms with Crippen molar-refractivity contribution < 1.29 is 9.72 Å². The summed E-state index contributed by atoms with van der Waals surface area (Å²) in [7, 11) is 0. The van der Waals surface area contributed by atoms with Crippen molar-refractivity contribution in [3.8, 4) is 6.07 Å². The third-order valence-corrected chi connectivity index (χ3v) is 5.58. The zero-order valence-corrected chi connectivity index (χ0v) is 16.5. The molecule has 8 heteroatoms. The molecular formula is C22H23N5O3. The number of nitrogens with one attached hydrogen (secondary N) is 1. The topological polar surface area (TPSA) is 103 Å². The van der Waals surface area contributed by atoms with Gasteiger partial charge in [-0.15, -0.1) is 0 Å². The summed E-state index contributed by atoms with van der Waals surface area (Å²) >= 11 is 0. The fourth-order valence-electron chi connectivity index (χ4n) is 3.75. The van der Waals surface area contributed by atoms with E-state index in [1.807, 2.05) is 30.3 Å². The van der Waals surface area contributed by atoms with Crippen LogP contribution in [0.5, 0.6) is 0 Å². The smallest absolute Gasteiger partial charge is 0.293 e. The van der Waals surface area contributed by atoms with Crippen molar-refractivity contribution in [2.45, 2.75) is 24.9 Å². The van der Waals surface area contributed by atoms with Crippen LogP contribution in [0.15, 0.2) is 48.5 Å². The van der Waals surface area contributed by atoms with E-state index in [-0.39, 0.29) is 23.7 Å². The maximum atomic E-state index is 12.9. The lowest BCUT2D eigenvalue weighted by atomic mass is 10.1. The van der Waals surface area contributed by atoms with Gasteiger partial charge in [-0.25, -0.2) is 0 Å². The van der Waals surface area contributed by atoms with Crippen LogP contribution in [0.1, 0.15) is 34.8 Å². The van der Waals surface area contributed by atoms with Gasteiger partial charge in [-0.05, 0) is 30.5 Å². The molecule has 2 fully saturated rings. The predicted octanol–water partition coefficient (Wildman–Crippen LogP) is 3.19. The molecular weight excluding hydrogens is 382 g/mol. The highest BCUT2D eigenvalue weighted by atomic mass is 16.6. The molecule has 1 saturated carbocycles. The zero-order chi connectivity index (χ0) is 21.1. The summed E-state index contributed by atoms with van der Waals surface area (Å²) in [5.41, 5.74) is 1.65. The molecule has 2 aromatic rings. The monoisotopic (exact) mass is 405 g/mol. The Morgan fingerprint density at radius 1 is 1.13 bits per heavy atom. The normalized spacial score (nSPS) is 17.8. The molecule has 0 bridgehead atoms. The second-order valence-electron chi connectivity index (χ2n) is 7.68. The van der Waals surface area contributed by atoms with Gasteiger partial charge in [0, 0.05) is 43.9 Å². The second-order valence-corrected chi connectivity index (χ2v) is 7.68. The van der Waals surface area contributed by atoms with Crippen LogP contribution < -0.4 is 5.32 Å². The van der Waals surface area contributed by atoms with Gasteiger partial charge in [0.25, 0.3) is 11.6 Å². The van der Waals surface area contributed by atoms with Crippen LogP contribution >= 0.6 is 0 Å². The van der Waals surface area contributed by atoms with E-state index in [9.17, 15) is 20.2 Å². The van der Waals surface area contributed by atoms with Gasteiger partial charge in [0.2, 0.25) is 0 Å². The summed E-state index contributed by atoms with van der Waals surface area (Å²) in [5, 5.41) is 24.2. The van der Waals surface area contributed by atoms with Crippen molar-refractivity contribution in [3.05, 3.63) is 69.8 Å². The minimum absolute atomic E-state index is 0.0694. The van der Waals surface area contributed by atoms with E-state index < -0.39 is 4.92 Å². The number of piperazine rings is 1. The number of nitriles is 1. The molecule has 0 aromatic heterocycles. The molecule has 1 heterocycles. The van der Waals surface area contributed by atoms with Crippen LogP contribution in [-0.4, -0.2) is 52.9 Å². The SMILES string of the molecule is N#CC(c1ccccc1)N1CCN(C(=O)c2ccc(NC3CC3)c([N+](=O)[O-])c2)CC1. The Labute approximate surface area is 174 Å². The third kappa shape index (κ3) is 4.26. The molecule has 2 aromatic carbocycles.